The molecule has 7 nitrogen and oxygen atoms in total. The summed E-state index contributed by atoms with van der Waals surface area (Å²) in [5.74, 6) is 0.898. The predicted octanol–water partition coefficient (Wildman–Crippen LogP) is 3.48. The van der Waals surface area contributed by atoms with Crippen molar-refractivity contribution in [3.05, 3.63) is 59.5 Å². The van der Waals surface area contributed by atoms with Gasteiger partial charge in [-0.1, -0.05) is 28.9 Å². The molecule has 134 valence electrons. The summed E-state index contributed by atoms with van der Waals surface area (Å²) >= 11 is 5.93. The number of carbonyl (C=O) groups excluding carboxylic acids is 1. The first-order valence-corrected chi connectivity index (χ1v) is 8.76. The number of nitrogens with zero attached hydrogens (tertiary/aromatic N) is 4. The molecule has 3 heterocycles. The second-order valence-corrected chi connectivity index (χ2v) is 6.63. The Morgan fingerprint density at radius 1 is 1.35 bits per heavy atom. The molecule has 0 bridgehead atoms. The van der Waals surface area contributed by atoms with Crippen LogP contribution < -0.4 is 5.32 Å². The van der Waals surface area contributed by atoms with Gasteiger partial charge in [0.15, 0.2) is 0 Å². The number of fused-ring (bicyclic) bond motifs is 1. The van der Waals surface area contributed by atoms with E-state index in [1.54, 1.807) is 17.4 Å². The first-order chi connectivity index (χ1) is 12.6. The van der Waals surface area contributed by atoms with Gasteiger partial charge in [0, 0.05) is 36.1 Å². The van der Waals surface area contributed by atoms with E-state index in [0.717, 1.165) is 23.5 Å². The van der Waals surface area contributed by atoms with Crippen LogP contribution in [-0.2, 0) is 13.1 Å². The number of imidazole rings is 1. The van der Waals surface area contributed by atoms with Gasteiger partial charge in [0.05, 0.1) is 12.6 Å². The summed E-state index contributed by atoms with van der Waals surface area (Å²) in [6.07, 6.45) is 5.28. The lowest BCUT2D eigenvalue weighted by Gasteiger charge is -2.33. The lowest BCUT2D eigenvalue weighted by atomic mass is 10.1. The first kappa shape index (κ1) is 16.7. The van der Waals surface area contributed by atoms with Crippen LogP contribution in [0.1, 0.15) is 24.5 Å². The van der Waals surface area contributed by atoms with Crippen LogP contribution in [0.4, 0.5) is 4.79 Å². The molecule has 1 aliphatic rings. The van der Waals surface area contributed by atoms with Crippen LogP contribution in [-0.4, -0.2) is 32.2 Å². The van der Waals surface area contributed by atoms with Crippen molar-refractivity contribution in [3.63, 3.8) is 0 Å². The Morgan fingerprint density at radius 3 is 2.96 bits per heavy atom. The van der Waals surface area contributed by atoms with Crippen molar-refractivity contribution < 1.29 is 9.32 Å². The van der Waals surface area contributed by atoms with Crippen LogP contribution >= 0.6 is 11.6 Å². The molecule has 2 aromatic heterocycles. The number of hydrogen-bond acceptors (Lipinski definition) is 4. The maximum absolute atomic E-state index is 12.6. The summed E-state index contributed by atoms with van der Waals surface area (Å²) in [6.45, 7) is 3.64. The molecule has 0 radical (unpaired) electrons. The summed E-state index contributed by atoms with van der Waals surface area (Å²) in [4.78, 5) is 18.8. The Bertz CT molecular complexity index is 918. The van der Waals surface area contributed by atoms with E-state index in [1.165, 1.54) is 0 Å². The SMILES string of the molecule is CC1c2nccn2CCN1C(=O)NCc1nocc1-c1ccc(Cl)cc1. The summed E-state index contributed by atoms with van der Waals surface area (Å²) in [7, 11) is 0. The fourth-order valence-electron chi connectivity index (χ4n) is 3.22. The quantitative estimate of drug-likeness (QED) is 0.764. The number of halogens is 1. The highest BCUT2D eigenvalue weighted by molar-refractivity contribution is 6.30. The summed E-state index contributed by atoms with van der Waals surface area (Å²) in [6, 6.07) is 7.19. The molecule has 1 unspecified atom stereocenters. The van der Waals surface area contributed by atoms with Crippen molar-refractivity contribution in [2.24, 2.45) is 0 Å². The number of carbonyl (C=O) groups is 1. The zero-order valence-electron chi connectivity index (χ0n) is 14.2. The molecule has 4 rings (SSSR count). The van der Waals surface area contributed by atoms with E-state index < -0.39 is 0 Å². The molecule has 0 fully saturated rings. The maximum Gasteiger partial charge on any atom is 0.318 e. The number of urea groups is 1. The topological polar surface area (TPSA) is 76.2 Å². The fraction of sp³-hybridized carbons (Fsp3) is 0.278. The minimum Gasteiger partial charge on any atom is -0.364 e. The van der Waals surface area contributed by atoms with Crippen molar-refractivity contribution in [2.45, 2.75) is 26.1 Å². The lowest BCUT2D eigenvalue weighted by Crippen LogP contribution is -2.46. The van der Waals surface area contributed by atoms with E-state index in [2.05, 4.69) is 20.0 Å². The Balaban J connectivity index is 1.44. The van der Waals surface area contributed by atoms with Gasteiger partial charge < -0.3 is 19.3 Å². The molecule has 8 heteroatoms. The van der Waals surface area contributed by atoms with Crippen LogP contribution in [0.3, 0.4) is 0 Å². The fourth-order valence-corrected chi connectivity index (χ4v) is 3.34. The largest absolute Gasteiger partial charge is 0.364 e. The third kappa shape index (κ3) is 3.06. The Morgan fingerprint density at radius 2 is 2.15 bits per heavy atom. The van der Waals surface area contributed by atoms with Gasteiger partial charge in [0.1, 0.15) is 17.8 Å². The molecule has 0 aliphatic carbocycles. The van der Waals surface area contributed by atoms with Crippen molar-refractivity contribution in [1.29, 1.82) is 0 Å². The molecular formula is C18H18ClN5O2. The zero-order valence-corrected chi connectivity index (χ0v) is 15.0. The molecule has 0 spiro atoms. The Labute approximate surface area is 155 Å². The number of rotatable bonds is 3. The smallest absolute Gasteiger partial charge is 0.318 e. The molecule has 1 aliphatic heterocycles. The second kappa shape index (κ2) is 6.84. The number of hydrogen-bond donors (Lipinski definition) is 1. The molecule has 3 aromatic rings. The number of nitrogens with one attached hydrogen (secondary N) is 1. The summed E-state index contributed by atoms with van der Waals surface area (Å²) < 4.78 is 7.18. The number of amides is 2. The van der Waals surface area contributed by atoms with E-state index in [9.17, 15) is 4.79 Å². The van der Waals surface area contributed by atoms with E-state index in [-0.39, 0.29) is 18.6 Å². The van der Waals surface area contributed by atoms with E-state index in [4.69, 9.17) is 16.1 Å². The minimum atomic E-state index is -0.142. The predicted molar refractivity (Wildman–Crippen MR) is 96.5 cm³/mol. The van der Waals surface area contributed by atoms with Gasteiger partial charge in [-0.15, -0.1) is 0 Å². The van der Waals surface area contributed by atoms with Crippen LogP contribution in [0.15, 0.2) is 47.4 Å². The van der Waals surface area contributed by atoms with Crippen LogP contribution in [0, 0.1) is 0 Å². The van der Waals surface area contributed by atoms with Crippen LogP contribution in [0.25, 0.3) is 11.1 Å². The summed E-state index contributed by atoms with van der Waals surface area (Å²) in [5.41, 5.74) is 2.45. The first-order valence-electron chi connectivity index (χ1n) is 8.38. The van der Waals surface area contributed by atoms with Gasteiger partial charge in [0.25, 0.3) is 0 Å². The Hall–Kier alpha value is -2.80. The minimum absolute atomic E-state index is 0.0770. The van der Waals surface area contributed by atoms with Gasteiger partial charge in [-0.3, -0.25) is 0 Å². The molecule has 1 N–H and O–H groups in total. The van der Waals surface area contributed by atoms with Gasteiger partial charge >= 0.3 is 6.03 Å². The zero-order chi connectivity index (χ0) is 18.1. The van der Waals surface area contributed by atoms with Gasteiger partial charge in [0.2, 0.25) is 0 Å². The van der Waals surface area contributed by atoms with Crippen LogP contribution in [0.5, 0.6) is 0 Å². The lowest BCUT2D eigenvalue weighted by molar-refractivity contribution is 0.159. The van der Waals surface area contributed by atoms with E-state index in [0.29, 0.717) is 17.3 Å². The van der Waals surface area contributed by atoms with Gasteiger partial charge in [-0.2, -0.15) is 0 Å². The van der Waals surface area contributed by atoms with Gasteiger partial charge in [-0.05, 0) is 24.6 Å². The van der Waals surface area contributed by atoms with E-state index in [1.807, 2.05) is 37.4 Å². The monoisotopic (exact) mass is 371 g/mol. The highest BCUT2D eigenvalue weighted by atomic mass is 35.5. The third-order valence-corrected chi connectivity index (χ3v) is 4.89. The highest BCUT2D eigenvalue weighted by Gasteiger charge is 2.28. The highest BCUT2D eigenvalue weighted by Crippen LogP contribution is 2.26. The second-order valence-electron chi connectivity index (χ2n) is 6.19. The van der Waals surface area contributed by atoms with Crippen LogP contribution in [0.2, 0.25) is 5.02 Å². The molecule has 2 amide bonds. The van der Waals surface area contributed by atoms with Gasteiger partial charge in [-0.25, -0.2) is 9.78 Å². The molecular weight excluding hydrogens is 354 g/mol. The third-order valence-electron chi connectivity index (χ3n) is 4.64. The standard InChI is InChI=1S/C18H18ClN5O2/c1-12-17-20-6-7-23(17)8-9-24(12)18(25)21-10-16-15(11-26-22-16)13-2-4-14(19)5-3-13/h2-7,11-12H,8-10H2,1H3,(H,21,25). The average Bonchev–Trinajstić information content (AvgIpc) is 3.30. The number of aromatic nitrogens is 3. The van der Waals surface area contributed by atoms with Crippen molar-refractivity contribution in [1.82, 2.24) is 24.9 Å². The summed E-state index contributed by atoms with van der Waals surface area (Å²) in [5, 5.41) is 7.62. The van der Waals surface area contributed by atoms with Crippen molar-refractivity contribution in [2.75, 3.05) is 6.54 Å². The van der Waals surface area contributed by atoms with Crippen molar-refractivity contribution >= 4 is 17.6 Å². The molecule has 1 atom stereocenters. The molecule has 26 heavy (non-hydrogen) atoms. The molecule has 0 saturated heterocycles. The average molecular weight is 372 g/mol. The normalized spacial score (nSPS) is 16.4. The molecule has 0 saturated carbocycles. The maximum atomic E-state index is 12.6. The number of benzene rings is 1. The van der Waals surface area contributed by atoms with E-state index >= 15 is 0 Å². The molecule has 1 aromatic carbocycles. The Kier molecular flexibility index (Phi) is 4.38. The van der Waals surface area contributed by atoms with Crippen molar-refractivity contribution in [3.8, 4) is 11.1 Å².